The average molecular weight is 220 g/mol. The molecule has 1 atom stereocenters. The summed E-state index contributed by atoms with van der Waals surface area (Å²) in [4.78, 5) is 8.55. The Morgan fingerprint density at radius 3 is 3.00 bits per heavy atom. The summed E-state index contributed by atoms with van der Waals surface area (Å²) in [6.07, 6.45) is 4.36. The van der Waals surface area contributed by atoms with Gasteiger partial charge in [0.15, 0.2) is 5.82 Å². The van der Waals surface area contributed by atoms with Gasteiger partial charge in [-0.15, -0.1) is 0 Å². The van der Waals surface area contributed by atoms with E-state index < -0.39 is 0 Å². The van der Waals surface area contributed by atoms with Crippen LogP contribution in [0.5, 0.6) is 0 Å². The van der Waals surface area contributed by atoms with Crippen LogP contribution in [0.15, 0.2) is 18.6 Å². The van der Waals surface area contributed by atoms with E-state index in [0.29, 0.717) is 0 Å². The molecule has 0 amide bonds. The number of nitrogens with one attached hydrogen (secondary N) is 1. The van der Waals surface area contributed by atoms with Gasteiger partial charge in [0.05, 0.1) is 24.5 Å². The maximum atomic E-state index is 9.15. The van der Waals surface area contributed by atoms with Crippen molar-refractivity contribution in [1.29, 1.82) is 0 Å². The molecular weight excluding hydrogens is 204 g/mol. The van der Waals surface area contributed by atoms with Crippen molar-refractivity contribution in [2.75, 3.05) is 11.9 Å². The van der Waals surface area contributed by atoms with Crippen LogP contribution < -0.4 is 5.32 Å². The summed E-state index contributed by atoms with van der Waals surface area (Å²) in [6.45, 7) is 2.12. The molecule has 0 aliphatic rings. The highest BCUT2D eigenvalue weighted by atomic mass is 16.3. The van der Waals surface area contributed by atoms with E-state index in [-0.39, 0.29) is 12.6 Å². The molecule has 2 rings (SSSR count). The standard InChI is InChI=1S/C11H16N4O/c1-3-8(6-16)14-11-10-9(4-5-12-11)15(2)7-13-10/h4-5,7-8,16H,3,6H2,1-2H3,(H,12,14). The molecule has 0 saturated carbocycles. The Morgan fingerprint density at radius 1 is 1.50 bits per heavy atom. The number of hydrogen-bond acceptors (Lipinski definition) is 4. The molecule has 0 saturated heterocycles. The van der Waals surface area contributed by atoms with Crippen LogP contribution in [0, 0.1) is 0 Å². The van der Waals surface area contributed by atoms with E-state index in [1.165, 1.54) is 0 Å². The molecule has 0 bridgehead atoms. The Bertz CT molecular complexity index is 476. The average Bonchev–Trinajstić information content (AvgIpc) is 2.69. The highest BCUT2D eigenvalue weighted by Crippen LogP contribution is 2.19. The first-order valence-corrected chi connectivity index (χ1v) is 5.39. The second-order valence-corrected chi connectivity index (χ2v) is 3.81. The number of rotatable bonds is 4. The van der Waals surface area contributed by atoms with Gasteiger partial charge in [-0.3, -0.25) is 0 Å². The molecule has 2 heterocycles. The number of pyridine rings is 1. The number of aromatic nitrogens is 3. The molecule has 16 heavy (non-hydrogen) atoms. The molecule has 2 N–H and O–H groups in total. The van der Waals surface area contributed by atoms with Crippen LogP contribution in [-0.2, 0) is 7.05 Å². The van der Waals surface area contributed by atoms with Crippen LogP contribution in [0.1, 0.15) is 13.3 Å². The summed E-state index contributed by atoms with van der Waals surface area (Å²) in [5.74, 6) is 0.735. The van der Waals surface area contributed by atoms with Crippen LogP contribution in [0.25, 0.3) is 11.0 Å². The first-order valence-electron chi connectivity index (χ1n) is 5.39. The summed E-state index contributed by atoms with van der Waals surface area (Å²) < 4.78 is 1.95. The molecule has 5 nitrogen and oxygen atoms in total. The lowest BCUT2D eigenvalue weighted by molar-refractivity contribution is 0.271. The van der Waals surface area contributed by atoms with Gasteiger partial charge < -0.3 is 15.0 Å². The number of imidazole rings is 1. The molecular formula is C11H16N4O. The predicted octanol–water partition coefficient (Wildman–Crippen LogP) is 1.15. The van der Waals surface area contributed by atoms with Gasteiger partial charge >= 0.3 is 0 Å². The van der Waals surface area contributed by atoms with Gasteiger partial charge in [0.1, 0.15) is 5.52 Å². The van der Waals surface area contributed by atoms with Gasteiger partial charge in [-0.1, -0.05) is 6.92 Å². The first-order chi connectivity index (χ1) is 7.76. The number of nitrogens with zero attached hydrogens (tertiary/aromatic N) is 3. The zero-order valence-corrected chi connectivity index (χ0v) is 9.51. The van der Waals surface area contributed by atoms with Crippen LogP contribution in [-0.4, -0.2) is 32.3 Å². The monoisotopic (exact) mass is 220 g/mol. The second-order valence-electron chi connectivity index (χ2n) is 3.81. The molecule has 0 aliphatic heterocycles. The van der Waals surface area contributed by atoms with Crippen molar-refractivity contribution in [3.63, 3.8) is 0 Å². The van der Waals surface area contributed by atoms with Crippen molar-refractivity contribution in [3.05, 3.63) is 18.6 Å². The maximum absolute atomic E-state index is 9.15. The Labute approximate surface area is 94.1 Å². The van der Waals surface area contributed by atoms with Crippen molar-refractivity contribution in [3.8, 4) is 0 Å². The quantitative estimate of drug-likeness (QED) is 0.811. The Morgan fingerprint density at radius 2 is 2.31 bits per heavy atom. The third-order valence-electron chi connectivity index (χ3n) is 2.70. The van der Waals surface area contributed by atoms with Gasteiger partial charge in [-0.05, 0) is 12.5 Å². The summed E-state index contributed by atoms with van der Waals surface area (Å²) in [7, 11) is 1.95. The topological polar surface area (TPSA) is 63.0 Å². The van der Waals surface area contributed by atoms with Crippen LogP contribution in [0.2, 0.25) is 0 Å². The summed E-state index contributed by atoms with van der Waals surface area (Å²) in [5, 5.41) is 12.3. The van der Waals surface area contributed by atoms with Crippen LogP contribution in [0.3, 0.4) is 0 Å². The highest BCUT2D eigenvalue weighted by Gasteiger charge is 2.10. The van der Waals surface area contributed by atoms with E-state index in [1.807, 2.05) is 24.6 Å². The summed E-state index contributed by atoms with van der Waals surface area (Å²) >= 11 is 0. The molecule has 1 unspecified atom stereocenters. The van der Waals surface area contributed by atoms with Crippen molar-refractivity contribution >= 4 is 16.9 Å². The summed E-state index contributed by atoms with van der Waals surface area (Å²) in [5.41, 5.74) is 1.88. The largest absolute Gasteiger partial charge is 0.394 e. The van der Waals surface area contributed by atoms with Crippen LogP contribution in [0.4, 0.5) is 5.82 Å². The molecule has 0 aliphatic carbocycles. The normalized spacial score (nSPS) is 12.9. The van der Waals surface area contributed by atoms with Gasteiger partial charge in [0, 0.05) is 13.2 Å². The van der Waals surface area contributed by atoms with Crippen molar-refractivity contribution in [1.82, 2.24) is 14.5 Å². The predicted molar refractivity (Wildman–Crippen MR) is 63.3 cm³/mol. The molecule has 2 aromatic rings. The van der Waals surface area contributed by atoms with Gasteiger partial charge in [0.25, 0.3) is 0 Å². The minimum absolute atomic E-state index is 0.0279. The van der Waals surface area contributed by atoms with Gasteiger partial charge in [-0.2, -0.15) is 0 Å². The molecule has 0 radical (unpaired) electrons. The fraction of sp³-hybridized carbons (Fsp3) is 0.455. The molecule has 86 valence electrons. The summed E-state index contributed by atoms with van der Waals surface area (Å²) in [6, 6.07) is 1.95. The zero-order valence-electron chi connectivity index (χ0n) is 9.51. The fourth-order valence-corrected chi connectivity index (χ4v) is 1.64. The Kier molecular flexibility index (Phi) is 3.05. The Hall–Kier alpha value is -1.62. The highest BCUT2D eigenvalue weighted by molar-refractivity contribution is 5.85. The molecule has 2 aromatic heterocycles. The Balaban J connectivity index is 2.37. The number of aryl methyl sites for hydroxylation is 1. The van der Waals surface area contributed by atoms with E-state index in [9.17, 15) is 0 Å². The number of aliphatic hydroxyl groups is 1. The van der Waals surface area contributed by atoms with E-state index in [0.717, 1.165) is 23.3 Å². The third-order valence-corrected chi connectivity index (χ3v) is 2.70. The van der Waals surface area contributed by atoms with E-state index >= 15 is 0 Å². The minimum Gasteiger partial charge on any atom is -0.394 e. The van der Waals surface area contributed by atoms with Gasteiger partial charge in [0.2, 0.25) is 0 Å². The van der Waals surface area contributed by atoms with Gasteiger partial charge in [-0.25, -0.2) is 9.97 Å². The fourth-order valence-electron chi connectivity index (χ4n) is 1.64. The second kappa shape index (κ2) is 4.49. The maximum Gasteiger partial charge on any atom is 0.154 e. The van der Waals surface area contributed by atoms with E-state index in [4.69, 9.17) is 5.11 Å². The zero-order chi connectivity index (χ0) is 11.5. The number of hydrogen-bond donors (Lipinski definition) is 2. The minimum atomic E-state index is 0.0279. The SMILES string of the molecule is CCC(CO)Nc1nccc2c1ncn2C. The van der Waals surface area contributed by atoms with Crippen LogP contribution >= 0.6 is 0 Å². The lowest BCUT2D eigenvalue weighted by atomic mass is 10.2. The van der Waals surface area contributed by atoms with Crippen molar-refractivity contribution < 1.29 is 5.11 Å². The lowest BCUT2D eigenvalue weighted by Crippen LogP contribution is -2.23. The number of anilines is 1. The third kappa shape index (κ3) is 1.86. The molecule has 0 fully saturated rings. The smallest absolute Gasteiger partial charge is 0.154 e. The molecule has 5 heteroatoms. The number of fused-ring (bicyclic) bond motifs is 1. The van der Waals surface area contributed by atoms with E-state index in [2.05, 4.69) is 15.3 Å². The van der Waals surface area contributed by atoms with Crippen molar-refractivity contribution in [2.24, 2.45) is 7.05 Å². The number of aliphatic hydroxyl groups excluding tert-OH is 1. The molecule has 0 aromatic carbocycles. The lowest BCUT2D eigenvalue weighted by Gasteiger charge is -2.14. The van der Waals surface area contributed by atoms with Crippen molar-refractivity contribution in [2.45, 2.75) is 19.4 Å². The van der Waals surface area contributed by atoms with E-state index in [1.54, 1.807) is 12.5 Å². The first kappa shape index (κ1) is 10.9. The molecule has 0 spiro atoms.